The summed E-state index contributed by atoms with van der Waals surface area (Å²) in [6.45, 7) is 0. The van der Waals surface area contributed by atoms with Crippen LogP contribution in [-0.4, -0.2) is 14.2 Å². The summed E-state index contributed by atoms with van der Waals surface area (Å²) in [5.74, 6) is 1.67. The summed E-state index contributed by atoms with van der Waals surface area (Å²) < 4.78 is 10.7. The lowest BCUT2D eigenvalue weighted by Crippen LogP contribution is -2.00. The zero-order valence-electron chi connectivity index (χ0n) is 17.4. The molecule has 0 spiro atoms. The molecule has 156 valence electrons. The normalized spacial score (nSPS) is 11.7. The van der Waals surface area contributed by atoms with Crippen LogP contribution in [0.25, 0.3) is 22.3 Å². The molecule has 4 rings (SSSR count). The molecule has 0 bridgehead atoms. The fraction of sp³-hybridized carbons (Fsp3) is 0.111. The Morgan fingerprint density at radius 2 is 1.23 bits per heavy atom. The lowest BCUT2D eigenvalue weighted by atomic mass is 9.87. The van der Waals surface area contributed by atoms with Crippen molar-refractivity contribution in [1.82, 2.24) is 0 Å². The molecule has 2 nitrogen and oxygen atoms in total. The average Bonchev–Trinajstić information content (AvgIpc) is 2.85. The topological polar surface area (TPSA) is 18.5 Å². The summed E-state index contributed by atoms with van der Waals surface area (Å²) in [6, 6.07) is 33.2. The van der Waals surface area contributed by atoms with E-state index in [9.17, 15) is 0 Å². The van der Waals surface area contributed by atoms with Crippen molar-refractivity contribution in [2.45, 2.75) is 5.25 Å². The van der Waals surface area contributed by atoms with Crippen LogP contribution in [0.15, 0.2) is 97.1 Å². The first kappa shape index (κ1) is 21.4. The van der Waals surface area contributed by atoms with E-state index in [1.807, 2.05) is 30.3 Å². The molecule has 1 atom stereocenters. The highest BCUT2D eigenvalue weighted by molar-refractivity contribution is 8.21. The maximum absolute atomic E-state index is 6.46. The molecule has 0 aliphatic heterocycles. The van der Waals surface area contributed by atoms with Crippen LogP contribution in [0, 0.1) is 0 Å². The Hall–Kier alpha value is -2.88. The first-order valence-electron chi connectivity index (χ1n) is 9.99. The van der Waals surface area contributed by atoms with Crippen LogP contribution in [0.5, 0.6) is 11.5 Å². The Morgan fingerprint density at radius 1 is 0.645 bits per heavy atom. The third kappa shape index (κ3) is 4.58. The van der Waals surface area contributed by atoms with Crippen molar-refractivity contribution in [2.75, 3.05) is 14.2 Å². The van der Waals surface area contributed by atoms with Crippen LogP contribution in [-0.2, 0) is 0 Å². The van der Waals surface area contributed by atoms with Gasteiger partial charge >= 0.3 is 0 Å². The number of benzene rings is 4. The summed E-state index contributed by atoms with van der Waals surface area (Å²) in [4.78, 5) is 0. The van der Waals surface area contributed by atoms with Gasteiger partial charge in [-0.05, 0) is 79.3 Å². The van der Waals surface area contributed by atoms with E-state index < -0.39 is 0 Å². The van der Waals surface area contributed by atoms with Crippen LogP contribution in [0.1, 0.15) is 16.4 Å². The lowest BCUT2D eigenvalue weighted by Gasteiger charge is -2.22. The largest absolute Gasteiger partial charge is 0.497 e. The number of halogens is 1. The second-order valence-corrected chi connectivity index (χ2v) is 8.29. The minimum Gasteiger partial charge on any atom is -0.497 e. The van der Waals surface area contributed by atoms with Gasteiger partial charge < -0.3 is 9.47 Å². The summed E-state index contributed by atoms with van der Waals surface area (Å²) >= 11 is 0. The molecular weight excluding hydrogens is 424 g/mol. The van der Waals surface area contributed by atoms with Crippen molar-refractivity contribution >= 4 is 21.7 Å². The van der Waals surface area contributed by atoms with Crippen LogP contribution >= 0.6 is 21.7 Å². The third-order valence-corrected chi connectivity index (χ3v) is 6.59. The maximum atomic E-state index is 6.46. The number of methoxy groups -OCH3 is 2. The van der Waals surface area contributed by atoms with Gasteiger partial charge in [-0.3, -0.25) is 0 Å². The molecule has 0 radical (unpaired) electrons. The van der Waals surface area contributed by atoms with E-state index in [1.54, 1.807) is 14.2 Å². The fourth-order valence-electron chi connectivity index (χ4n) is 3.79. The first-order valence-corrected chi connectivity index (χ1v) is 11.7. The molecule has 0 saturated heterocycles. The van der Waals surface area contributed by atoms with E-state index in [1.165, 1.54) is 22.1 Å². The molecule has 0 fully saturated rings. The van der Waals surface area contributed by atoms with E-state index in [0.29, 0.717) is 0 Å². The van der Waals surface area contributed by atoms with Crippen LogP contribution in [0.4, 0.5) is 0 Å². The molecule has 1 unspecified atom stereocenters. The Kier molecular flexibility index (Phi) is 6.86. The Morgan fingerprint density at radius 3 is 1.77 bits per heavy atom. The minimum absolute atomic E-state index is 0.00170. The molecule has 0 amide bonds. The minimum atomic E-state index is -0.00170. The monoisotopic (exact) mass is 446 g/mol. The van der Waals surface area contributed by atoms with E-state index in [0.717, 1.165) is 33.8 Å². The van der Waals surface area contributed by atoms with Crippen molar-refractivity contribution < 1.29 is 9.47 Å². The van der Waals surface area contributed by atoms with Crippen molar-refractivity contribution in [3.63, 3.8) is 0 Å². The fourth-order valence-corrected chi connectivity index (χ4v) is 4.94. The summed E-state index contributed by atoms with van der Waals surface area (Å²) in [7, 11) is 11.2. The van der Waals surface area contributed by atoms with Gasteiger partial charge in [-0.1, -0.05) is 72.8 Å². The van der Waals surface area contributed by atoms with Gasteiger partial charge in [0.2, 0.25) is 0 Å². The summed E-state index contributed by atoms with van der Waals surface area (Å²) in [6.07, 6.45) is 0. The van der Waals surface area contributed by atoms with Gasteiger partial charge in [0.05, 0.1) is 19.5 Å². The number of hydrogen-bond acceptors (Lipinski definition) is 3. The van der Waals surface area contributed by atoms with Gasteiger partial charge in [0.25, 0.3) is 0 Å². The van der Waals surface area contributed by atoms with Crippen molar-refractivity contribution in [2.24, 2.45) is 0 Å². The maximum Gasteiger partial charge on any atom is 0.118 e. The number of rotatable bonds is 7. The standard InChI is InChI=1S/C27H23ClO2S/c1-29-22-15-11-19(12-16-22)24-9-6-10-25(27(31-28)21-7-4-3-5-8-21)26(24)20-13-17-23(30-2)18-14-20/h3-18,27H,1-2H3. The molecular formula is C27H23ClO2S. The zero-order valence-corrected chi connectivity index (χ0v) is 19.0. The van der Waals surface area contributed by atoms with Gasteiger partial charge in [0.15, 0.2) is 0 Å². The number of ether oxygens (including phenoxy) is 2. The van der Waals surface area contributed by atoms with Gasteiger partial charge in [-0.15, -0.1) is 0 Å². The van der Waals surface area contributed by atoms with Crippen LogP contribution in [0.3, 0.4) is 0 Å². The van der Waals surface area contributed by atoms with Crippen molar-refractivity contribution in [3.8, 4) is 33.8 Å². The Bertz CT molecular complexity index is 1130. The molecule has 4 heteroatoms. The highest BCUT2D eigenvalue weighted by Crippen LogP contribution is 2.46. The summed E-state index contributed by atoms with van der Waals surface area (Å²) in [5.41, 5.74) is 6.90. The van der Waals surface area contributed by atoms with Crippen molar-refractivity contribution in [1.29, 1.82) is 0 Å². The van der Waals surface area contributed by atoms with E-state index in [4.69, 9.17) is 20.2 Å². The SMILES string of the molecule is COc1ccc(-c2cccc(C(SCl)c3ccccc3)c2-c2ccc(OC)cc2)cc1. The molecule has 0 aromatic heterocycles. The quantitative estimate of drug-likeness (QED) is 0.286. The van der Waals surface area contributed by atoms with Crippen LogP contribution in [0.2, 0.25) is 0 Å². The first-order chi connectivity index (χ1) is 15.2. The Labute approximate surface area is 192 Å². The van der Waals surface area contributed by atoms with Gasteiger partial charge in [-0.2, -0.15) is 0 Å². The number of hydrogen-bond donors (Lipinski definition) is 0. The predicted octanol–water partition coefficient (Wildman–Crippen LogP) is 8.01. The average molecular weight is 447 g/mol. The van der Waals surface area contributed by atoms with Gasteiger partial charge in [0, 0.05) is 0 Å². The van der Waals surface area contributed by atoms with E-state index in [2.05, 4.69) is 66.7 Å². The molecule has 0 aliphatic rings. The zero-order chi connectivity index (χ0) is 21.6. The smallest absolute Gasteiger partial charge is 0.118 e. The second kappa shape index (κ2) is 9.95. The second-order valence-electron chi connectivity index (χ2n) is 7.11. The predicted molar refractivity (Wildman–Crippen MR) is 132 cm³/mol. The Balaban J connectivity index is 1.93. The summed E-state index contributed by atoms with van der Waals surface area (Å²) in [5, 5.41) is -0.00170. The van der Waals surface area contributed by atoms with Gasteiger partial charge in [0.1, 0.15) is 11.5 Å². The van der Waals surface area contributed by atoms with Crippen molar-refractivity contribution in [3.05, 3.63) is 108 Å². The molecule has 0 saturated carbocycles. The molecule has 31 heavy (non-hydrogen) atoms. The highest BCUT2D eigenvalue weighted by atomic mass is 35.7. The highest BCUT2D eigenvalue weighted by Gasteiger charge is 2.21. The van der Waals surface area contributed by atoms with E-state index >= 15 is 0 Å². The molecule has 0 heterocycles. The molecule has 0 aliphatic carbocycles. The van der Waals surface area contributed by atoms with Crippen LogP contribution < -0.4 is 9.47 Å². The molecule has 0 N–H and O–H groups in total. The molecule has 4 aromatic rings. The van der Waals surface area contributed by atoms with Gasteiger partial charge in [-0.25, -0.2) is 0 Å². The molecule has 4 aromatic carbocycles. The lowest BCUT2D eigenvalue weighted by molar-refractivity contribution is 0.414. The third-order valence-electron chi connectivity index (χ3n) is 5.35. The van der Waals surface area contributed by atoms with E-state index in [-0.39, 0.29) is 5.25 Å².